The molecule has 1 N–H and O–H groups in total. The topological polar surface area (TPSA) is 75.1 Å². The highest BCUT2D eigenvalue weighted by Gasteiger charge is 2.15. The largest absolute Gasteiger partial charge is 0.493 e. The van der Waals surface area contributed by atoms with E-state index in [1.54, 1.807) is 37.3 Å². The number of hydrogen-bond donors (Lipinski definition) is 1. The van der Waals surface area contributed by atoms with E-state index in [2.05, 4.69) is 4.98 Å². The van der Waals surface area contributed by atoms with Crippen LogP contribution in [0.5, 0.6) is 11.5 Å². The molecular formula is C21H16ClFN2O3. The summed E-state index contributed by atoms with van der Waals surface area (Å²) in [6, 6.07) is 13.0. The molecule has 0 spiro atoms. The van der Waals surface area contributed by atoms with Crippen LogP contribution in [0.4, 0.5) is 4.39 Å². The number of halogens is 2. The first kappa shape index (κ1) is 19.5. The van der Waals surface area contributed by atoms with Crippen molar-refractivity contribution >= 4 is 11.6 Å². The summed E-state index contributed by atoms with van der Waals surface area (Å²) in [7, 11) is 1.48. The second-order valence-corrected chi connectivity index (χ2v) is 6.44. The van der Waals surface area contributed by atoms with Crippen LogP contribution in [0, 0.1) is 24.1 Å². The summed E-state index contributed by atoms with van der Waals surface area (Å²) >= 11 is 6.05. The molecular weight excluding hydrogens is 383 g/mol. The lowest BCUT2D eigenvalue weighted by molar-refractivity contribution is 0.280. The zero-order valence-corrected chi connectivity index (χ0v) is 15.9. The van der Waals surface area contributed by atoms with E-state index >= 15 is 0 Å². The Labute approximate surface area is 165 Å². The Kier molecular flexibility index (Phi) is 5.67. The Morgan fingerprint density at radius 1 is 1.21 bits per heavy atom. The summed E-state index contributed by atoms with van der Waals surface area (Å²) in [4.78, 5) is 14.7. The summed E-state index contributed by atoms with van der Waals surface area (Å²) in [6.07, 6.45) is 0. The molecule has 0 bridgehead atoms. The molecule has 0 atom stereocenters. The van der Waals surface area contributed by atoms with Gasteiger partial charge in [-0.25, -0.2) is 4.39 Å². The molecule has 0 aliphatic carbocycles. The number of rotatable bonds is 5. The van der Waals surface area contributed by atoms with E-state index < -0.39 is 11.4 Å². The Bertz CT molecular complexity index is 1120. The number of benzene rings is 2. The molecule has 0 saturated heterocycles. The van der Waals surface area contributed by atoms with Crippen LogP contribution in [0.2, 0.25) is 5.02 Å². The van der Waals surface area contributed by atoms with Crippen molar-refractivity contribution in [2.75, 3.05) is 7.11 Å². The Morgan fingerprint density at radius 3 is 2.68 bits per heavy atom. The first-order valence-corrected chi connectivity index (χ1v) is 8.70. The molecule has 28 heavy (non-hydrogen) atoms. The van der Waals surface area contributed by atoms with Crippen LogP contribution < -0.4 is 15.0 Å². The summed E-state index contributed by atoms with van der Waals surface area (Å²) < 4.78 is 25.1. The van der Waals surface area contributed by atoms with Crippen molar-refractivity contribution in [3.8, 4) is 28.7 Å². The van der Waals surface area contributed by atoms with Gasteiger partial charge in [-0.1, -0.05) is 23.7 Å². The summed E-state index contributed by atoms with van der Waals surface area (Å²) in [6.45, 7) is 1.62. The molecule has 1 heterocycles. The highest BCUT2D eigenvalue weighted by molar-refractivity contribution is 6.31. The van der Waals surface area contributed by atoms with E-state index in [0.717, 1.165) is 0 Å². The average Bonchev–Trinajstić information content (AvgIpc) is 2.67. The number of aryl methyl sites for hydroxylation is 1. The maximum Gasteiger partial charge on any atom is 0.266 e. The molecule has 0 aliphatic rings. The fourth-order valence-electron chi connectivity index (χ4n) is 2.80. The van der Waals surface area contributed by atoms with Crippen molar-refractivity contribution < 1.29 is 13.9 Å². The molecule has 3 aromatic rings. The number of nitrogens with one attached hydrogen (secondary N) is 1. The van der Waals surface area contributed by atoms with Gasteiger partial charge in [-0.15, -0.1) is 0 Å². The standard InChI is InChI=1S/C21H16ClFN2O3/c1-12-8-14(15(10-24)21(26)25-12)13-6-7-19(27-2)20(9-13)28-11-16-17(22)4-3-5-18(16)23/h3-9H,11H2,1-2H3,(H,25,26). The minimum atomic E-state index is -0.473. The number of nitriles is 1. The molecule has 0 saturated carbocycles. The van der Waals surface area contributed by atoms with Crippen LogP contribution in [0.3, 0.4) is 0 Å². The number of H-pyrrole nitrogens is 1. The molecule has 0 amide bonds. The number of pyridine rings is 1. The fraction of sp³-hybridized carbons (Fsp3) is 0.143. The molecule has 5 nitrogen and oxygen atoms in total. The lowest BCUT2D eigenvalue weighted by Gasteiger charge is -2.14. The van der Waals surface area contributed by atoms with Gasteiger partial charge in [0.1, 0.15) is 24.1 Å². The lowest BCUT2D eigenvalue weighted by atomic mass is 10.0. The summed E-state index contributed by atoms with van der Waals surface area (Å²) in [5.41, 5.74) is 1.45. The highest BCUT2D eigenvalue weighted by Crippen LogP contribution is 2.34. The van der Waals surface area contributed by atoms with Gasteiger partial charge in [-0.05, 0) is 42.8 Å². The minimum absolute atomic E-state index is 0.00105. The monoisotopic (exact) mass is 398 g/mol. The number of hydrogen-bond acceptors (Lipinski definition) is 4. The molecule has 0 aliphatic heterocycles. The molecule has 7 heteroatoms. The maximum absolute atomic E-state index is 14.0. The van der Waals surface area contributed by atoms with Crippen molar-refractivity contribution in [2.45, 2.75) is 13.5 Å². The Morgan fingerprint density at radius 2 is 2.00 bits per heavy atom. The Hall–Kier alpha value is -3.30. The molecule has 2 aromatic carbocycles. The first-order chi connectivity index (χ1) is 13.4. The van der Waals surface area contributed by atoms with E-state index in [1.807, 2.05) is 6.07 Å². The van der Waals surface area contributed by atoms with E-state index in [-0.39, 0.29) is 22.8 Å². The van der Waals surface area contributed by atoms with Crippen molar-refractivity contribution in [1.29, 1.82) is 5.26 Å². The third-order valence-corrected chi connectivity index (χ3v) is 4.54. The maximum atomic E-state index is 14.0. The van der Waals surface area contributed by atoms with E-state index in [4.69, 9.17) is 21.1 Å². The van der Waals surface area contributed by atoms with Crippen molar-refractivity contribution in [3.05, 3.63) is 80.5 Å². The number of aromatic amines is 1. The predicted molar refractivity (Wildman–Crippen MR) is 104 cm³/mol. The van der Waals surface area contributed by atoms with Gasteiger partial charge >= 0.3 is 0 Å². The van der Waals surface area contributed by atoms with E-state index in [9.17, 15) is 14.4 Å². The molecule has 1 aromatic heterocycles. The second kappa shape index (κ2) is 8.15. The van der Waals surface area contributed by atoms with Crippen molar-refractivity contribution in [1.82, 2.24) is 4.98 Å². The van der Waals surface area contributed by atoms with Gasteiger partial charge < -0.3 is 14.5 Å². The van der Waals surface area contributed by atoms with Gasteiger partial charge in [0.05, 0.1) is 12.1 Å². The first-order valence-electron chi connectivity index (χ1n) is 8.32. The molecule has 0 unspecified atom stereocenters. The van der Waals surface area contributed by atoms with Crippen LogP contribution in [0.1, 0.15) is 16.8 Å². The third-order valence-electron chi connectivity index (χ3n) is 4.19. The van der Waals surface area contributed by atoms with Crippen LogP contribution in [-0.4, -0.2) is 12.1 Å². The SMILES string of the molecule is COc1ccc(-c2cc(C)[nH]c(=O)c2C#N)cc1OCc1c(F)cccc1Cl. The second-order valence-electron chi connectivity index (χ2n) is 6.04. The van der Waals surface area contributed by atoms with Crippen LogP contribution in [-0.2, 0) is 6.61 Å². The van der Waals surface area contributed by atoms with E-state index in [1.165, 1.54) is 19.2 Å². The molecule has 3 rings (SSSR count). The van der Waals surface area contributed by atoms with Gasteiger partial charge in [-0.3, -0.25) is 4.79 Å². The lowest BCUT2D eigenvalue weighted by Crippen LogP contribution is -2.12. The highest BCUT2D eigenvalue weighted by atomic mass is 35.5. The molecule has 142 valence electrons. The predicted octanol–water partition coefficient (Wildman–Crippen LogP) is 4.60. The van der Waals surface area contributed by atoms with Gasteiger partial charge in [0, 0.05) is 16.8 Å². The summed E-state index contributed by atoms with van der Waals surface area (Å²) in [5, 5.41) is 9.61. The molecule has 0 fully saturated rings. The van der Waals surface area contributed by atoms with Gasteiger partial charge in [0.2, 0.25) is 0 Å². The van der Waals surface area contributed by atoms with Crippen LogP contribution >= 0.6 is 11.6 Å². The normalized spacial score (nSPS) is 10.4. The van der Waals surface area contributed by atoms with Gasteiger partial charge in [0.15, 0.2) is 11.5 Å². The third kappa shape index (κ3) is 3.85. The smallest absolute Gasteiger partial charge is 0.266 e. The van der Waals surface area contributed by atoms with Gasteiger partial charge in [0.25, 0.3) is 5.56 Å². The molecule has 0 radical (unpaired) electrons. The van der Waals surface area contributed by atoms with Crippen LogP contribution in [0.25, 0.3) is 11.1 Å². The number of nitrogens with zero attached hydrogens (tertiary/aromatic N) is 1. The number of aromatic nitrogens is 1. The Balaban J connectivity index is 2.02. The quantitative estimate of drug-likeness (QED) is 0.681. The zero-order valence-electron chi connectivity index (χ0n) is 15.2. The van der Waals surface area contributed by atoms with Crippen molar-refractivity contribution in [2.24, 2.45) is 0 Å². The average molecular weight is 399 g/mol. The zero-order chi connectivity index (χ0) is 20.3. The minimum Gasteiger partial charge on any atom is -0.493 e. The van der Waals surface area contributed by atoms with E-state index in [0.29, 0.717) is 28.3 Å². The summed E-state index contributed by atoms with van der Waals surface area (Å²) in [5.74, 6) is 0.289. The number of ether oxygens (including phenoxy) is 2. The van der Waals surface area contributed by atoms with Crippen molar-refractivity contribution in [3.63, 3.8) is 0 Å². The van der Waals surface area contributed by atoms with Gasteiger partial charge in [-0.2, -0.15) is 5.26 Å². The van der Waals surface area contributed by atoms with Crippen LogP contribution in [0.15, 0.2) is 47.3 Å². The number of methoxy groups -OCH3 is 1. The fourth-order valence-corrected chi connectivity index (χ4v) is 3.02.